The molecule has 0 bridgehead atoms. The van der Waals surface area contributed by atoms with Gasteiger partial charge >= 0.3 is 0 Å². The topological polar surface area (TPSA) is 6.25 Å². The van der Waals surface area contributed by atoms with Crippen molar-refractivity contribution in [3.8, 4) is 0 Å². The van der Waals surface area contributed by atoms with Gasteiger partial charge in [0, 0.05) is 6.42 Å². The van der Waals surface area contributed by atoms with Gasteiger partial charge in [0.25, 0.3) is 0 Å². The average Bonchev–Trinajstić information content (AvgIpc) is 2.84. The summed E-state index contributed by atoms with van der Waals surface area (Å²) in [6, 6.07) is 0. The predicted molar refractivity (Wildman–Crippen MR) is 93.0 cm³/mol. The molecule has 0 radical (unpaired) electrons. The molecule has 0 spiro atoms. The standard InChI is InChI=1S/C17H35N2S/c1-4-7-8-9-10-11-15-20-16-19-14-13-18(6-3)17(19)12-5-2/h4-16H2,1-3H3/q+1. The molecule has 0 atom stereocenters. The van der Waals surface area contributed by atoms with Gasteiger partial charge in [0.1, 0.15) is 19.0 Å². The number of thioether (sulfide) groups is 1. The van der Waals surface area contributed by atoms with E-state index in [4.69, 9.17) is 0 Å². The minimum Gasteiger partial charge on any atom is -0.262 e. The van der Waals surface area contributed by atoms with E-state index < -0.39 is 0 Å². The fourth-order valence-electron chi connectivity index (χ4n) is 2.88. The first-order valence-electron chi connectivity index (χ1n) is 8.76. The molecule has 0 aromatic rings. The molecule has 0 saturated carbocycles. The highest BCUT2D eigenvalue weighted by molar-refractivity contribution is 7.99. The summed E-state index contributed by atoms with van der Waals surface area (Å²) in [7, 11) is 0. The van der Waals surface area contributed by atoms with E-state index in [1.54, 1.807) is 5.84 Å². The highest BCUT2D eigenvalue weighted by Gasteiger charge is 2.27. The zero-order valence-electron chi connectivity index (χ0n) is 14.0. The maximum atomic E-state index is 2.62. The summed E-state index contributed by atoms with van der Waals surface area (Å²) in [6.07, 6.45) is 11.0. The summed E-state index contributed by atoms with van der Waals surface area (Å²) in [5, 5.41) is 0. The summed E-state index contributed by atoms with van der Waals surface area (Å²) >= 11 is 2.13. The van der Waals surface area contributed by atoms with Gasteiger partial charge in [-0.2, -0.15) is 0 Å². The van der Waals surface area contributed by atoms with E-state index in [1.165, 1.54) is 82.6 Å². The fraction of sp³-hybridized carbons (Fsp3) is 0.941. The Morgan fingerprint density at radius 2 is 1.75 bits per heavy atom. The maximum absolute atomic E-state index is 2.62. The smallest absolute Gasteiger partial charge is 0.247 e. The number of likely N-dealkylation sites (N-methyl/N-ethyl adjacent to an activating group) is 1. The Morgan fingerprint density at radius 3 is 2.45 bits per heavy atom. The van der Waals surface area contributed by atoms with E-state index in [-0.39, 0.29) is 0 Å². The van der Waals surface area contributed by atoms with Crippen LogP contribution in [0.2, 0.25) is 0 Å². The molecule has 0 aromatic heterocycles. The number of unbranched alkanes of at least 4 members (excludes halogenated alkanes) is 5. The Morgan fingerprint density at radius 1 is 1.00 bits per heavy atom. The Bertz CT molecular complexity index is 276. The summed E-state index contributed by atoms with van der Waals surface area (Å²) in [5.74, 6) is 4.15. The Kier molecular flexibility index (Phi) is 10.3. The van der Waals surface area contributed by atoms with Crippen molar-refractivity contribution >= 4 is 17.6 Å². The van der Waals surface area contributed by atoms with Crippen LogP contribution in [0, 0.1) is 0 Å². The van der Waals surface area contributed by atoms with Crippen LogP contribution in [-0.2, 0) is 0 Å². The van der Waals surface area contributed by atoms with Crippen LogP contribution in [0.15, 0.2) is 0 Å². The highest BCUT2D eigenvalue weighted by atomic mass is 32.2. The summed E-state index contributed by atoms with van der Waals surface area (Å²) in [4.78, 5) is 2.56. The third-order valence-electron chi connectivity index (χ3n) is 4.11. The molecule has 0 saturated heterocycles. The van der Waals surface area contributed by atoms with E-state index >= 15 is 0 Å². The van der Waals surface area contributed by atoms with E-state index in [0.29, 0.717) is 0 Å². The van der Waals surface area contributed by atoms with Gasteiger partial charge in [-0.25, -0.2) is 0 Å². The van der Waals surface area contributed by atoms with Crippen LogP contribution in [0.25, 0.3) is 0 Å². The zero-order valence-corrected chi connectivity index (χ0v) is 14.8. The van der Waals surface area contributed by atoms with Crippen LogP contribution < -0.4 is 0 Å². The van der Waals surface area contributed by atoms with E-state index in [1.807, 2.05) is 0 Å². The summed E-state index contributed by atoms with van der Waals surface area (Å²) in [6.45, 7) is 10.5. The monoisotopic (exact) mass is 299 g/mol. The molecule has 0 amide bonds. The van der Waals surface area contributed by atoms with Crippen molar-refractivity contribution < 1.29 is 4.58 Å². The molecule has 1 rings (SSSR count). The van der Waals surface area contributed by atoms with E-state index in [9.17, 15) is 0 Å². The Labute approximate surface area is 131 Å². The average molecular weight is 300 g/mol. The molecule has 0 fully saturated rings. The van der Waals surface area contributed by atoms with Crippen LogP contribution in [0.4, 0.5) is 0 Å². The second-order valence-corrected chi connectivity index (χ2v) is 6.89. The molecule has 1 heterocycles. The van der Waals surface area contributed by atoms with Crippen LogP contribution in [0.3, 0.4) is 0 Å². The lowest BCUT2D eigenvalue weighted by Crippen LogP contribution is -2.29. The molecule has 118 valence electrons. The van der Waals surface area contributed by atoms with Gasteiger partial charge in [-0.3, -0.25) is 9.48 Å². The van der Waals surface area contributed by atoms with Crippen molar-refractivity contribution in [1.29, 1.82) is 0 Å². The fourth-order valence-corrected chi connectivity index (χ4v) is 3.91. The summed E-state index contributed by atoms with van der Waals surface area (Å²) in [5.41, 5.74) is 0. The number of hydrogen-bond acceptors (Lipinski definition) is 2. The minimum atomic E-state index is 1.17. The molecule has 20 heavy (non-hydrogen) atoms. The van der Waals surface area contributed by atoms with Gasteiger partial charge in [-0.15, -0.1) is 11.8 Å². The first-order valence-corrected chi connectivity index (χ1v) is 9.92. The Hall–Kier alpha value is -0.180. The van der Waals surface area contributed by atoms with Gasteiger partial charge in [0.15, 0.2) is 0 Å². The normalized spacial score (nSPS) is 15.4. The van der Waals surface area contributed by atoms with E-state index in [0.717, 1.165) is 0 Å². The molecule has 1 aliphatic heterocycles. The molecule has 0 aromatic carbocycles. The third-order valence-corrected chi connectivity index (χ3v) is 5.19. The molecule has 0 aliphatic carbocycles. The zero-order chi connectivity index (χ0) is 14.6. The number of nitrogens with zero attached hydrogens (tertiary/aromatic N) is 2. The number of amidine groups is 1. The van der Waals surface area contributed by atoms with Crippen molar-refractivity contribution in [2.24, 2.45) is 0 Å². The molecule has 0 unspecified atom stereocenters. The Balaban J connectivity index is 2.15. The van der Waals surface area contributed by atoms with Crippen molar-refractivity contribution in [1.82, 2.24) is 4.90 Å². The van der Waals surface area contributed by atoms with Gasteiger partial charge in [0.05, 0.1) is 6.54 Å². The summed E-state index contributed by atoms with van der Waals surface area (Å²) < 4.78 is 2.62. The van der Waals surface area contributed by atoms with Gasteiger partial charge in [-0.1, -0.05) is 46.0 Å². The van der Waals surface area contributed by atoms with E-state index in [2.05, 4.69) is 42.0 Å². The minimum absolute atomic E-state index is 1.17. The van der Waals surface area contributed by atoms with Crippen molar-refractivity contribution in [3.05, 3.63) is 0 Å². The van der Waals surface area contributed by atoms with Crippen LogP contribution in [0.5, 0.6) is 0 Å². The molecular formula is C17H35N2S+. The molecule has 0 N–H and O–H groups in total. The quantitative estimate of drug-likeness (QED) is 0.384. The lowest BCUT2D eigenvalue weighted by molar-refractivity contribution is -0.498. The van der Waals surface area contributed by atoms with Crippen LogP contribution in [0.1, 0.15) is 72.1 Å². The second kappa shape index (κ2) is 11.5. The predicted octanol–water partition coefficient (Wildman–Crippen LogP) is 4.58. The molecular weight excluding hydrogens is 264 g/mol. The van der Waals surface area contributed by atoms with Crippen molar-refractivity contribution in [2.45, 2.75) is 72.1 Å². The maximum Gasteiger partial charge on any atom is 0.247 e. The SMILES string of the molecule is CCCCCCCCSC[N+]1=C(CCC)N(CC)CC1. The van der Waals surface area contributed by atoms with Gasteiger partial charge in [-0.05, 0) is 25.5 Å². The van der Waals surface area contributed by atoms with Crippen molar-refractivity contribution in [2.75, 3.05) is 31.3 Å². The largest absolute Gasteiger partial charge is 0.262 e. The van der Waals surface area contributed by atoms with Gasteiger partial charge < -0.3 is 0 Å². The van der Waals surface area contributed by atoms with Gasteiger partial charge in [0.2, 0.25) is 5.84 Å². The second-order valence-electron chi connectivity index (χ2n) is 5.81. The highest BCUT2D eigenvalue weighted by Crippen LogP contribution is 2.13. The number of rotatable bonds is 12. The lowest BCUT2D eigenvalue weighted by atomic mass is 10.1. The van der Waals surface area contributed by atoms with Crippen LogP contribution in [-0.4, -0.2) is 46.6 Å². The molecule has 3 heteroatoms. The lowest BCUT2D eigenvalue weighted by Gasteiger charge is -2.10. The van der Waals surface area contributed by atoms with Crippen LogP contribution >= 0.6 is 11.8 Å². The first kappa shape index (κ1) is 17.9. The third kappa shape index (κ3) is 6.51. The first-order chi connectivity index (χ1) is 9.83. The van der Waals surface area contributed by atoms with Crippen molar-refractivity contribution in [3.63, 3.8) is 0 Å². The molecule has 2 nitrogen and oxygen atoms in total. The molecule has 1 aliphatic rings. The number of hydrogen-bond donors (Lipinski definition) is 0.